The highest BCUT2D eigenvalue weighted by Crippen LogP contribution is 2.13. The number of imidazole rings is 1. The van der Waals surface area contributed by atoms with Crippen molar-refractivity contribution >= 4 is 17.5 Å². The van der Waals surface area contributed by atoms with E-state index in [1.54, 1.807) is 22.8 Å². The normalized spacial score (nSPS) is 14.1. The zero-order valence-electron chi connectivity index (χ0n) is 15.6. The summed E-state index contributed by atoms with van der Waals surface area (Å²) in [5.41, 5.74) is 1.53. The molecule has 29 heavy (non-hydrogen) atoms. The summed E-state index contributed by atoms with van der Waals surface area (Å²) in [6.45, 7) is 3.12. The summed E-state index contributed by atoms with van der Waals surface area (Å²) in [6.07, 6.45) is 4.40. The van der Waals surface area contributed by atoms with Crippen molar-refractivity contribution < 1.29 is 9.59 Å². The van der Waals surface area contributed by atoms with E-state index in [1.165, 1.54) is 29.1 Å². The van der Waals surface area contributed by atoms with Crippen LogP contribution in [-0.4, -0.2) is 67.1 Å². The van der Waals surface area contributed by atoms with Crippen LogP contribution in [0.4, 0.5) is 0 Å². The van der Waals surface area contributed by atoms with E-state index in [0.29, 0.717) is 43.0 Å². The Hall–Kier alpha value is -4.00. The Bertz CT molecular complexity index is 1210. The second-order valence-electron chi connectivity index (χ2n) is 6.72. The van der Waals surface area contributed by atoms with E-state index < -0.39 is 5.69 Å². The number of rotatable bonds is 2. The van der Waals surface area contributed by atoms with Crippen molar-refractivity contribution in [3.8, 4) is 6.07 Å². The number of hydrogen-bond donors (Lipinski definition) is 1. The molecule has 3 aromatic heterocycles. The minimum absolute atomic E-state index is 0.165. The fourth-order valence-electron chi connectivity index (χ4n) is 3.28. The van der Waals surface area contributed by atoms with Crippen LogP contribution in [0.3, 0.4) is 0 Å². The van der Waals surface area contributed by atoms with Crippen LogP contribution in [-0.2, 0) is 0 Å². The molecule has 1 saturated heterocycles. The van der Waals surface area contributed by atoms with Crippen LogP contribution in [0.25, 0.3) is 5.65 Å². The molecule has 0 aliphatic carbocycles. The molecule has 0 atom stereocenters. The van der Waals surface area contributed by atoms with E-state index in [1.807, 2.05) is 6.07 Å². The van der Waals surface area contributed by atoms with Crippen molar-refractivity contribution in [2.75, 3.05) is 26.2 Å². The molecule has 0 spiro atoms. The van der Waals surface area contributed by atoms with E-state index in [4.69, 9.17) is 5.26 Å². The molecule has 4 rings (SSSR count). The second kappa shape index (κ2) is 7.20. The molecular weight excluding hydrogens is 374 g/mol. The number of fused-ring (bicyclic) bond motifs is 1. The highest BCUT2D eigenvalue weighted by Gasteiger charge is 2.27. The van der Waals surface area contributed by atoms with E-state index in [0.717, 1.165) is 0 Å². The summed E-state index contributed by atoms with van der Waals surface area (Å²) >= 11 is 0. The van der Waals surface area contributed by atoms with Crippen molar-refractivity contribution in [2.45, 2.75) is 6.92 Å². The van der Waals surface area contributed by atoms with Gasteiger partial charge in [0.2, 0.25) is 0 Å². The number of amides is 2. The number of nitriles is 1. The third kappa shape index (κ3) is 3.34. The molecule has 2 amide bonds. The summed E-state index contributed by atoms with van der Waals surface area (Å²) < 4.78 is 1.32. The lowest BCUT2D eigenvalue weighted by Crippen LogP contribution is -2.51. The number of aromatic amines is 1. The van der Waals surface area contributed by atoms with Gasteiger partial charge in [-0.15, -0.1) is 0 Å². The Kier molecular flexibility index (Phi) is 4.56. The first kappa shape index (κ1) is 18.4. The number of hydrogen-bond acceptors (Lipinski definition) is 6. The van der Waals surface area contributed by atoms with Crippen LogP contribution in [0, 0.1) is 18.3 Å². The van der Waals surface area contributed by atoms with Gasteiger partial charge >= 0.3 is 5.69 Å². The van der Waals surface area contributed by atoms with Gasteiger partial charge in [0.1, 0.15) is 23.1 Å². The largest absolute Gasteiger partial charge is 0.334 e. The molecule has 1 N–H and O–H groups in total. The number of pyridine rings is 1. The number of carbonyl (C=O) groups excluding carboxylic acids is 2. The van der Waals surface area contributed by atoms with E-state index in [-0.39, 0.29) is 23.2 Å². The number of aryl methyl sites for hydroxylation is 1. The van der Waals surface area contributed by atoms with Gasteiger partial charge in [-0.2, -0.15) is 5.26 Å². The summed E-state index contributed by atoms with van der Waals surface area (Å²) in [6, 6.07) is 5.16. The van der Waals surface area contributed by atoms with Crippen molar-refractivity contribution in [3.63, 3.8) is 0 Å². The van der Waals surface area contributed by atoms with Crippen molar-refractivity contribution in [3.05, 3.63) is 63.7 Å². The number of nitrogens with one attached hydrogen (secondary N) is 1. The topological polar surface area (TPSA) is 127 Å². The van der Waals surface area contributed by atoms with Gasteiger partial charge in [-0.1, -0.05) is 0 Å². The number of carbonyl (C=O) groups is 2. The molecule has 1 fully saturated rings. The molecule has 10 nitrogen and oxygen atoms in total. The molecule has 1 aliphatic heterocycles. The van der Waals surface area contributed by atoms with Crippen LogP contribution in [0.2, 0.25) is 0 Å². The fourth-order valence-corrected chi connectivity index (χ4v) is 3.28. The Labute approximate surface area is 165 Å². The van der Waals surface area contributed by atoms with Crippen LogP contribution in [0.5, 0.6) is 0 Å². The molecule has 10 heteroatoms. The molecule has 146 valence electrons. The van der Waals surface area contributed by atoms with E-state index in [9.17, 15) is 14.4 Å². The first-order valence-electron chi connectivity index (χ1n) is 8.99. The molecule has 1 aliphatic rings. The van der Waals surface area contributed by atoms with Gasteiger partial charge in [0.05, 0.1) is 5.56 Å². The average molecular weight is 391 g/mol. The molecule has 0 unspecified atom stereocenters. The summed E-state index contributed by atoms with van der Waals surface area (Å²) in [5, 5.41) is 8.98. The first-order valence-corrected chi connectivity index (χ1v) is 8.99. The average Bonchev–Trinajstić information content (AvgIpc) is 3.22. The lowest BCUT2D eigenvalue weighted by molar-refractivity contribution is 0.0529. The summed E-state index contributed by atoms with van der Waals surface area (Å²) in [4.78, 5) is 51.4. The standard InChI is InChI=1S/C19H17N7O3/c1-12-8-14(22-11-13(12)10-20)17(27)24-4-6-25(7-5-24)18(28)15-9-16-21-2-3-26(16)19(29)23-15/h2-3,8-9,11H,4-7H2,1H3,(H,23,29). The maximum atomic E-state index is 12.8. The first-order chi connectivity index (χ1) is 14.0. The fraction of sp³-hybridized carbons (Fsp3) is 0.263. The van der Waals surface area contributed by atoms with Gasteiger partial charge < -0.3 is 14.8 Å². The maximum Gasteiger partial charge on any atom is 0.331 e. The van der Waals surface area contributed by atoms with Gasteiger partial charge in [0.15, 0.2) is 0 Å². The Morgan fingerprint density at radius 2 is 1.79 bits per heavy atom. The van der Waals surface area contributed by atoms with Crippen molar-refractivity contribution in [1.29, 1.82) is 5.26 Å². The molecule has 0 saturated carbocycles. The van der Waals surface area contributed by atoms with E-state index >= 15 is 0 Å². The Balaban J connectivity index is 1.45. The molecule has 0 radical (unpaired) electrons. The second-order valence-corrected chi connectivity index (χ2v) is 6.72. The number of piperazine rings is 1. The van der Waals surface area contributed by atoms with Gasteiger partial charge in [-0.3, -0.25) is 14.0 Å². The minimum Gasteiger partial charge on any atom is -0.334 e. The molecule has 3 aromatic rings. The summed E-state index contributed by atoms with van der Waals surface area (Å²) in [5.74, 6) is -0.552. The zero-order valence-corrected chi connectivity index (χ0v) is 15.6. The summed E-state index contributed by atoms with van der Waals surface area (Å²) in [7, 11) is 0. The minimum atomic E-state index is -0.431. The molecule has 0 bridgehead atoms. The maximum absolute atomic E-state index is 12.8. The quantitative estimate of drug-likeness (QED) is 0.665. The van der Waals surface area contributed by atoms with Crippen molar-refractivity contribution in [1.82, 2.24) is 29.2 Å². The van der Waals surface area contributed by atoms with Gasteiger partial charge in [-0.05, 0) is 18.6 Å². The van der Waals surface area contributed by atoms with Gasteiger partial charge in [0.25, 0.3) is 11.8 Å². The highest BCUT2D eigenvalue weighted by atomic mass is 16.2. The predicted octanol–water partition coefficient (Wildman–Crippen LogP) is 0.196. The van der Waals surface area contributed by atoms with Crippen molar-refractivity contribution in [2.24, 2.45) is 0 Å². The number of nitrogens with zero attached hydrogens (tertiary/aromatic N) is 6. The highest BCUT2D eigenvalue weighted by molar-refractivity contribution is 5.94. The lowest BCUT2D eigenvalue weighted by atomic mass is 10.1. The molecule has 0 aromatic carbocycles. The monoisotopic (exact) mass is 391 g/mol. The van der Waals surface area contributed by atoms with E-state index in [2.05, 4.69) is 15.0 Å². The lowest BCUT2D eigenvalue weighted by Gasteiger charge is -2.34. The molecule has 4 heterocycles. The third-order valence-electron chi connectivity index (χ3n) is 4.94. The van der Waals surface area contributed by atoms with Gasteiger partial charge in [0, 0.05) is 50.8 Å². The number of H-pyrrole nitrogens is 1. The predicted molar refractivity (Wildman–Crippen MR) is 101 cm³/mol. The van der Waals surface area contributed by atoms with Gasteiger partial charge in [-0.25, -0.2) is 14.8 Å². The smallest absolute Gasteiger partial charge is 0.331 e. The zero-order chi connectivity index (χ0) is 20.5. The Morgan fingerprint density at radius 1 is 1.10 bits per heavy atom. The van der Waals surface area contributed by atoms with Crippen LogP contribution in [0.1, 0.15) is 32.1 Å². The van der Waals surface area contributed by atoms with Crippen LogP contribution < -0.4 is 5.69 Å². The Morgan fingerprint density at radius 3 is 2.45 bits per heavy atom. The SMILES string of the molecule is Cc1cc(C(=O)N2CCN(C(=O)c3cc4nccn4c(=O)[nH]3)CC2)ncc1C#N. The third-order valence-corrected chi connectivity index (χ3v) is 4.94. The van der Waals surface area contributed by atoms with Crippen LogP contribution >= 0.6 is 0 Å². The number of aromatic nitrogens is 4. The molecular formula is C19H17N7O3. The van der Waals surface area contributed by atoms with Crippen LogP contribution in [0.15, 0.2) is 35.5 Å².